The highest BCUT2D eigenvalue weighted by Gasteiger charge is 2.38. The molecule has 0 unspecified atom stereocenters. The lowest BCUT2D eigenvalue weighted by Crippen LogP contribution is -2.25. The van der Waals surface area contributed by atoms with E-state index < -0.39 is 0 Å². The Morgan fingerprint density at radius 1 is 1.47 bits per heavy atom. The molecule has 0 spiro atoms. The van der Waals surface area contributed by atoms with Gasteiger partial charge in [0, 0.05) is 11.6 Å². The van der Waals surface area contributed by atoms with Crippen LogP contribution in [0.25, 0.3) is 0 Å². The van der Waals surface area contributed by atoms with Crippen LogP contribution >= 0.6 is 0 Å². The Kier molecular flexibility index (Phi) is 2.65. The van der Waals surface area contributed by atoms with Crippen molar-refractivity contribution in [2.24, 2.45) is 5.73 Å². The van der Waals surface area contributed by atoms with Crippen molar-refractivity contribution in [3.05, 3.63) is 29.6 Å². The van der Waals surface area contributed by atoms with Crippen molar-refractivity contribution in [1.82, 2.24) is 0 Å². The van der Waals surface area contributed by atoms with E-state index in [1.165, 1.54) is 6.07 Å². The van der Waals surface area contributed by atoms with Crippen LogP contribution in [-0.4, -0.2) is 12.1 Å². The second kappa shape index (κ2) is 3.81. The topological polar surface area (TPSA) is 35.2 Å². The van der Waals surface area contributed by atoms with Crippen LogP contribution in [-0.2, 0) is 6.42 Å². The van der Waals surface area contributed by atoms with Crippen LogP contribution in [0, 0.1) is 5.82 Å². The second-order valence-corrected chi connectivity index (χ2v) is 4.23. The van der Waals surface area contributed by atoms with E-state index in [1.807, 2.05) is 6.92 Å². The van der Waals surface area contributed by atoms with Gasteiger partial charge in [0.1, 0.15) is 11.6 Å². The maximum absolute atomic E-state index is 13.6. The predicted molar refractivity (Wildman–Crippen MR) is 57.4 cm³/mol. The zero-order valence-corrected chi connectivity index (χ0v) is 8.92. The van der Waals surface area contributed by atoms with Gasteiger partial charge < -0.3 is 10.5 Å². The van der Waals surface area contributed by atoms with E-state index in [4.69, 9.17) is 10.5 Å². The van der Waals surface area contributed by atoms with E-state index in [1.54, 1.807) is 12.1 Å². The number of hydrogen-bond acceptors (Lipinski definition) is 2. The molecule has 0 aliphatic heterocycles. The average molecular weight is 209 g/mol. The summed E-state index contributed by atoms with van der Waals surface area (Å²) in [6.07, 6.45) is 2.63. The smallest absolute Gasteiger partial charge is 0.130 e. The molecule has 1 aliphatic carbocycles. The third kappa shape index (κ3) is 2.48. The zero-order chi connectivity index (χ0) is 10.9. The van der Waals surface area contributed by atoms with Crippen LogP contribution in [0.3, 0.4) is 0 Å². The molecule has 0 radical (unpaired) electrons. The third-order valence-electron chi connectivity index (χ3n) is 2.77. The quantitative estimate of drug-likeness (QED) is 0.825. The first kappa shape index (κ1) is 10.4. The lowest BCUT2D eigenvalue weighted by Gasteiger charge is -2.10. The van der Waals surface area contributed by atoms with Gasteiger partial charge in [-0.25, -0.2) is 4.39 Å². The fourth-order valence-electron chi connectivity index (χ4n) is 1.64. The van der Waals surface area contributed by atoms with Crippen molar-refractivity contribution < 1.29 is 9.13 Å². The van der Waals surface area contributed by atoms with E-state index in [0.29, 0.717) is 24.3 Å². The third-order valence-corrected chi connectivity index (χ3v) is 2.77. The molecule has 1 fully saturated rings. The predicted octanol–water partition coefficient (Wildman–Crippen LogP) is 2.26. The molecule has 1 aromatic carbocycles. The summed E-state index contributed by atoms with van der Waals surface area (Å²) >= 11 is 0. The lowest BCUT2D eigenvalue weighted by molar-refractivity contribution is 0.338. The molecule has 0 saturated heterocycles. The summed E-state index contributed by atoms with van der Waals surface area (Å²) in [4.78, 5) is 0. The first-order valence-corrected chi connectivity index (χ1v) is 5.33. The maximum Gasteiger partial charge on any atom is 0.130 e. The fourth-order valence-corrected chi connectivity index (χ4v) is 1.64. The first-order valence-electron chi connectivity index (χ1n) is 5.33. The van der Waals surface area contributed by atoms with Crippen molar-refractivity contribution >= 4 is 0 Å². The summed E-state index contributed by atoms with van der Waals surface area (Å²) in [6.45, 7) is 2.44. The van der Waals surface area contributed by atoms with E-state index >= 15 is 0 Å². The van der Waals surface area contributed by atoms with E-state index in [9.17, 15) is 4.39 Å². The summed E-state index contributed by atoms with van der Waals surface area (Å²) in [5.41, 5.74) is 6.49. The molecule has 2 nitrogen and oxygen atoms in total. The summed E-state index contributed by atoms with van der Waals surface area (Å²) in [6, 6.07) is 5.01. The summed E-state index contributed by atoms with van der Waals surface area (Å²) in [7, 11) is 0. The van der Waals surface area contributed by atoms with Gasteiger partial charge in [0.05, 0.1) is 6.61 Å². The van der Waals surface area contributed by atoms with Gasteiger partial charge in [-0.3, -0.25) is 0 Å². The molecule has 0 aromatic heterocycles. The molecular weight excluding hydrogens is 193 g/mol. The number of nitrogens with two attached hydrogens (primary N) is 1. The second-order valence-electron chi connectivity index (χ2n) is 4.23. The Morgan fingerprint density at radius 2 is 2.20 bits per heavy atom. The Balaban J connectivity index is 2.11. The van der Waals surface area contributed by atoms with Crippen molar-refractivity contribution in [1.29, 1.82) is 0 Å². The van der Waals surface area contributed by atoms with Gasteiger partial charge in [0.2, 0.25) is 0 Å². The molecule has 82 valence electrons. The summed E-state index contributed by atoms with van der Waals surface area (Å²) < 4.78 is 18.8. The van der Waals surface area contributed by atoms with Crippen LogP contribution in [0.2, 0.25) is 0 Å². The number of ether oxygens (including phenoxy) is 1. The standard InChI is InChI=1S/C12H16FNO/c1-2-15-10-4-3-9(11(13)7-10)8-12(14)5-6-12/h3-4,7H,2,5-6,8,14H2,1H3. The molecule has 1 aliphatic rings. The van der Waals surface area contributed by atoms with Crippen molar-refractivity contribution in [2.45, 2.75) is 31.7 Å². The Bertz CT molecular complexity index is 361. The van der Waals surface area contributed by atoms with E-state index in [2.05, 4.69) is 0 Å². The lowest BCUT2D eigenvalue weighted by atomic mass is 10.0. The molecule has 0 heterocycles. The fraction of sp³-hybridized carbons (Fsp3) is 0.500. The van der Waals surface area contributed by atoms with Crippen LogP contribution in [0.1, 0.15) is 25.3 Å². The highest BCUT2D eigenvalue weighted by Crippen LogP contribution is 2.36. The number of hydrogen-bond donors (Lipinski definition) is 1. The number of rotatable bonds is 4. The SMILES string of the molecule is CCOc1ccc(CC2(N)CC2)c(F)c1. The van der Waals surface area contributed by atoms with Crippen molar-refractivity contribution in [2.75, 3.05) is 6.61 Å². The molecule has 3 heteroatoms. The highest BCUT2D eigenvalue weighted by atomic mass is 19.1. The van der Waals surface area contributed by atoms with Crippen LogP contribution in [0.15, 0.2) is 18.2 Å². The number of benzene rings is 1. The van der Waals surface area contributed by atoms with Crippen molar-refractivity contribution in [3.63, 3.8) is 0 Å². The molecule has 1 saturated carbocycles. The molecule has 15 heavy (non-hydrogen) atoms. The zero-order valence-electron chi connectivity index (χ0n) is 8.92. The minimum atomic E-state index is -0.210. The van der Waals surface area contributed by atoms with Gasteiger partial charge in [0.15, 0.2) is 0 Å². The molecule has 2 rings (SSSR count). The summed E-state index contributed by atoms with van der Waals surface area (Å²) in [5.74, 6) is 0.373. The molecular formula is C12H16FNO. The minimum absolute atomic E-state index is 0.145. The van der Waals surface area contributed by atoms with Crippen LogP contribution in [0.4, 0.5) is 4.39 Å². The molecule has 1 aromatic rings. The normalized spacial score (nSPS) is 17.5. The molecule has 0 bridgehead atoms. The summed E-state index contributed by atoms with van der Waals surface area (Å²) in [5, 5.41) is 0. The Hall–Kier alpha value is -1.09. The number of halogens is 1. The molecule has 2 N–H and O–H groups in total. The first-order chi connectivity index (χ1) is 7.13. The Labute approximate surface area is 89.2 Å². The van der Waals surface area contributed by atoms with Crippen molar-refractivity contribution in [3.8, 4) is 5.75 Å². The van der Waals surface area contributed by atoms with Gasteiger partial charge in [-0.2, -0.15) is 0 Å². The van der Waals surface area contributed by atoms with Crippen LogP contribution < -0.4 is 10.5 Å². The average Bonchev–Trinajstić information content (AvgIpc) is 2.90. The molecule has 0 atom stereocenters. The van der Waals surface area contributed by atoms with Gasteiger partial charge in [-0.05, 0) is 37.8 Å². The van der Waals surface area contributed by atoms with E-state index in [0.717, 1.165) is 12.8 Å². The van der Waals surface area contributed by atoms with E-state index in [-0.39, 0.29) is 11.4 Å². The van der Waals surface area contributed by atoms with Gasteiger partial charge in [-0.15, -0.1) is 0 Å². The van der Waals surface area contributed by atoms with Gasteiger partial charge >= 0.3 is 0 Å². The maximum atomic E-state index is 13.6. The minimum Gasteiger partial charge on any atom is -0.494 e. The van der Waals surface area contributed by atoms with Gasteiger partial charge in [-0.1, -0.05) is 6.07 Å². The van der Waals surface area contributed by atoms with Crippen LogP contribution in [0.5, 0.6) is 5.75 Å². The van der Waals surface area contributed by atoms with Gasteiger partial charge in [0.25, 0.3) is 0 Å². The molecule has 0 amide bonds. The highest BCUT2D eigenvalue weighted by molar-refractivity contribution is 5.31. The monoisotopic (exact) mass is 209 g/mol. The Morgan fingerprint density at radius 3 is 2.73 bits per heavy atom. The largest absolute Gasteiger partial charge is 0.494 e.